The van der Waals surface area contributed by atoms with Crippen molar-refractivity contribution in [2.75, 3.05) is 5.32 Å². The lowest BCUT2D eigenvalue weighted by atomic mass is 10.1. The van der Waals surface area contributed by atoms with Gasteiger partial charge in [-0.1, -0.05) is 19.9 Å². The van der Waals surface area contributed by atoms with Crippen LogP contribution in [-0.4, -0.2) is 41.0 Å². The van der Waals surface area contributed by atoms with Gasteiger partial charge < -0.3 is 10.3 Å². The standard InChI is InChI=1S/C26H22N8OS/c1-14(2)8-22(35)30-16-9-15(11-27-12-16)19-10-18-20(13-29-19)33-34-24(18)26-31-23-17(21-4-3-7-36-21)5-6-28-25(23)32-26/h3-7,9-14H,8H2,1-2H3,(H,30,35)(H,33,34)(H,28,31,32). The van der Waals surface area contributed by atoms with Crippen molar-refractivity contribution in [3.8, 4) is 33.2 Å². The molecule has 0 saturated heterocycles. The molecular formula is C26H22N8OS. The third-order valence-corrected chi connectivity index (χ3v) is 6.66. The van der Waals surface area contributed by atoms with Gasteiger partial charge in [0.2, 0.25) is 5.91 Å². The molecule has 0 aromatic carbocycles. The first-order valence-corrected chi connectivity index (χ1v) is 12.4. The van der Waals surface area contributed by atoms with Crippen molar-refractivity contribution >= 4 is 45.0 Å². The van der Waals surface area contributed by atoms with Gasteiger partial charge in [0.25, 0.3) is 0 Å². The fourth-order valence-corrected chi connectivity index (χ4v) is 4.90. The summed E-state index contributed by atoms with van der Waals surface area (Å²) in [6.07, 6.45) is 7.32. The molecule has 0 aliphatic rings. The molecule has 0 bridgehead atoms. The van der Waals surface area contributed by atoms with Crippen LogP contribution in [0.1, 0.15) is 20.3 Å². The maximum atomic E-state index is 12.2. The summed E-state index contributed by atoms with van der Waals surface area (Å²) in [5.41, 5.74) is 6.16. The molecule has 0 fully saturated rings. The summed E-state index contributed by atoms with van der Waals surface area (Å²) in [6.45, 7) is 4.02. The second-order valence-corrected chi connectivity index (χ2v) is 9.86. The van der Waals surface area contributed by atoms with E-state index in [0.717, 1.165) is 32.4 Å². The number of H-pyrrole nitrogens is 2. The fourth-order valence-electron chi connectivity index (χ4n) is 4.15. The summed E-state index contributed by atoms with van der Waals surface area (Å²) >= 11 is 1.67. The zero-order valence-electron chi connectivity index (χ0n) is 19.6. The highest BCUT2D eigenvalue weighted by Gasteiger charge is 2.17. The Kier molecular flexibility index (Phi) is 5.49. The van der Waals surface area contributed by atoms with E-state index in [-0.39, 0.29) is 11.8 Å². The van der Waals surface area contributed by atoms with Gasteiger partial charge in [0.1, 0.15) is 5.69 Å². The summed E-state index contributed by atoms with van der Waals surface area (Å²) in [5, 5.41) is 13.4. The van der Waals surface area contributed by atoms with E-state index < -0.39 is 0 Å². The number of pyridine rings is 3. The fraction of sp³-hybridized carbons (Fsp3) is 0.154. The van der Waals surface area contributed by atoms with Gasteiger partial charge in [-0.2, -0.15) is 5.10 Å². The number of thiophene rings is 1. The van der Waals surface area contributed by atoms with Crippen molar-refractivity contribution in [1.29, 1.82) is 0 Å². The molecule has 3 N–H and O–H groups in total. The second-order valence-electron chi connectivity index (χ2n) is 8.92. The lowest BCUT2D eigenvalue weighted by Gasteiger charge is -2.08. The quantitative estimate of drug-likeness (QED) is 0.274. The van der Waals surface area contributed by atoms with Crippen molar-refractivity contribution < 1.29 is 4.79 Å². The molecule has 178 valence electrons. The molecule has 1 amide bonds. The minimum atomic E-state index is -0.0371. The van der Waals surface area contributed by atoms with Gasteiger partial charge in [-0.25, -0.2) is 9.97 Å². The lowest BCUT2D eigenvalue weighted by molar-refractivity contribution is -0.116. The van der Waals surface area contributed by atoms with E-state index >= 15 is 0 Å². The number of nitrogens with zero attached hydrogens (tertiary/aromatic N) is 5. The Morgan fingerprint density at radius 3 is 2.89 bits per heavy atom. The average molecular weight is 495 g/mol. The van der Waals surface area contributed by atoms with E-state index in [1.54, 1.807) is 36.1 Å². The summed E-state index contributed by atoms with van der Waals surface area (Å²) in [7, 11) is 0. The number of hydrogen-bond donors (Lipinski definition) is 3. The van der Waals surface area contributed by atoms with E-state index in [4.69, 9.17) is 4.98 Å². The largest absolute Gasteiger partial charge is 0.335 e. The zero-order chi connectivity index (χ0) is 24.6. The SMILES string of the molecule is CC(C)CC(=O)Nc1cncc(-c2cc3c(-c4nc5nccc(-c6cccs6)c5[nH]4)n[nH]c3cn2)c1. The molecule has 6 heterocycles. The summed E-state index contributed by atoms with van der Waals surface area (Å²) < 4.78 is 0. The minimum Gasteiger partial charge on any atom is -0.335 e. The van der Waals surface area contributed by atoms with E-state index in [1.165, 1.54) is 0 Å². The molecule has 10 heteroatoms. The maximum Gasteiger partial charge on any atom is 0.224 e. The van der Waals surface area contributed by atoms with Gasteiger partial charge in [-0.05, 0) is 35.6 Å². The highest BCUT2D eigenvalue weighted by Crippen LogP contribution is 2.33. The summed E-state index contributed by atoms with van der Waals surface area (Å²) in [6, 6.07) is 9.91. The normalized spacial score (nSPS) is 11.5. The highest BCUT2D eigenvalue weighted by atomic mass is 32.1. The number of fused-ring (bicyclic) bond motifs is 2. The number of anilines is 1. The molecule has 6 aromatic heterocycles. The molecule has 0 radical (unpaired) electrons. The van der Waals surface area contributed by atoms with Gasteiger partial charge in [0.05, 0.1) is 34.8 Å². The number of carbonyl (C=O) groups is 1. The first-order valence-electron chi connectivity index (χ1n) is 11.5. The van der Waals surface area contributed by atoms with Crippen LogP contribution in [-0.2, 0) is 4.79 Å². The molecule has 0 saturated carbocycles. The Labute approximate surface area is 210 Å². The van der Waals surface area contributed by atoms with Crippen LogP contribution in [0, 0.1) is 5.92 Å². The number of aromatic amines is 2. The predicted molar refractivity (Wildman–Crippen MR) is 141 cm³/mol. The van der Waals surface area contributed by atoms with Crippen LogP contribution in [0.3, 0.4) is 0 Å². The number of imidazole rings is 1. The van der Waals surface area contributed by atoms with Gasteiger partial charge in [-0.3, -0.25) is 19.9 Å². The second kappa shape index (κ2) is 8.97. The van der Waals surface area contributed by atoms with Crippen LogP contribution in [0.4, 0.5) is 5.69 Å². The summed E-state index contributed by atoms with van der Waals surface area (Å²) in [5.74, 6) is 0.863. The monoisotopic (exact) mass is 494 g/mol. The van der Waals surface area contributed by atoms with Gasteiger partial charge in [0, 0.05) is 40.2 Å². The number of amides is 1. The molecule has 0 unspecified atom stereocenters. The minimum absolute atomic E-state index is 0.0371. The predicted octanol–water partition coefficient (Wildman–Crippen LogP) is 5.67. The number of rotatable bonds is 6. The van der Waals surface area contributed by atoms with Crippen molar-refractivity contribution in [2.45, 2.75) is 20.3 Å². The molecule has 6 rings (SSSR count). The molecule has 36 heavy (non-hydrogen) atoms. The smallest absolute Gasteiger partial charge is 0.224 e. The Hall–Kier alpha value is -4.44. The first-order chi connectivity index (χ1) is 17.5. The van der Waals surface area contributed by atoms with Crippen molar-refractivity contribution in [3.05, 3.63) is 60.5 Å². The van der Waals surface area contributed by atoms with Gasteiger partial charge in [-0.15, -0.1) is 11.3 Å². The van der Waals surface area contributed by atoms with E-state index in [1.807, 2.05) is 43.5 Å². The Bertz CT molecular complexity index is 1700. The third kappa shape index (κ3) is 4.11. The highest BCUT2D eigenvalue weighted by molar-refractivity contribution is 7.13. The molecule has 0 atom stereocenters. The Morgan fingerprint density at radius 1 is 1.14 bits per heavy atom. The van der Waals surface area contributed by atoms with Crippen LogP contribution in [0.15, 0.2) is 60.5 Å². The van der Waals surface area contributed by atoms with E-state index in [0.29, 0.717) is 35.0 Å². The van der Waals surface area contributed by atoms with E-state index in [9.17, 15) is 4.79 Å². The van der Waals surface area contributed by atoms with Crippen LogP contribution < -0.4 is 5.32 Å². The summed E-state index contributed by atoms with van der Waals surface area (Å²) in [4.78, 5) is 34.8. The number of hydrogen-bond acceptors (Lipinski definition) is 7. The van der Waals surface area contributed by atoms with Crippen LogP contribution in [0.2, 0.25) is 0 Å². The number of aromatic nitrogens is 7. The Morgan fingerprint density at radius 2 is 2.06 bits per heavy atom. The van der Waals surface area contributed by atoms with Crippen LogP contribution in [0.5, 0.6) is 0 Å². The number of carbonyl (C=O) groups excluding carboxylic acids is 1. The van der Waals surface area contributed by atoms with Crippen LogP contribution in [0.25, 0.3) is 55.3 Å². The van der Waals surface area contributed by atoms with Gasteiger partial charge in [0.15, 0.2) is 11.5 Å². The molecule has 6 aromatic rings. The molecule has 0 aliphatic carbocycles. The topological polar surface area (TPSA) is 125 Å². The average Bonchev–Trinajstić information content (AvgIpc) is 3.62. The van der Waals surface area contributed by atoms with Crippen LogP contribution >= 0.6 is 11.3 Å². The van der Waals surface area contributed by atoms with Crippen molar-refractivity contribution in [3.63, 3.8) is 0 Å². The number of nitrogens with one attached hydrogen (secondary N) is 3. The van der Waals surface area contributed by atoms with Crippen molar-refractivity contribution in [1.82, 2.24) is 35.1 Å². The van der Waals surface area contributed by atoms with Crippen molar-refractivity contribution in [2.24, 2.45) is 5.92 Å². The van der Waals surface area contributed by atoms with Gasteiger partial charge >= 0.3 is 0 Å². The molecule has 0 spiro atoms. The molecule has 9 nitrogen and oxygen atoms in total. The Balaban J connectivity index is 1.38. The lowest BCUT2D eigenvalue weighted by Crippen LogP contribution is -2.13. The molecule has 0 aliphatic heterocycles. The maximum absolute atomic E-state index is 12.2. The third-order valence-electron chi connectivity index (χ3n) is 5.76. The molecular weight excluding hydrogens is 472 g/mol. The first kappa shape index (κ1) is 22.1. The zero-order valence-corrected chi connectivity index (χ0v) is 20.4. The van der Waals surface area contributed by atoms with E-state index in [2.05, 4.69) is 41.5 Å².